The molecule has 0 radical (unpaired) electrons. The number of carbonyl (C=O) groups is 1. The van der Waals surface area contributed by atoms with Crippen LogP contribution in [0.25, 0.3) is 11.1 Å². The maximum atomic E-state index is 12.9. The first-order valence-electron chi connectivity index (χ1n) is 8.69. The van der Waals surface area contributed by atoms with E-state index in [2.05, 4.69) is 11.9 Å². The summed E-state index contributed by atoms with van der Waals surface area (Å²) in [6.45, 7) is 3.36. The van der Waals surface area contributed by atoms with Gasteiger partial charge in [-0.15, -0.1) is 0 Å². The Morgan fingerprint density at radius 2 is 1.79 bits per heavy atom. The number of fused-ring (bicyclic) bond motifs is 1. The van der Waals surface area contributed by atoms with Gasteiger partial charge < -0.3 is 10.4 Å². The van der Waals surface area contributed by atoms with E-state index in [0.29, 0.717) is 29.5 Å². The van der Waals surface area contributed by atoms with Gasteiger partial charge >= 0.3 is 6.18 Å². The molecule has 1 aliphatic rings. The number of halogens is 3. The molecule has 0 aromatic heterocycles. The lowest BCUT2D eigenvalue weighted by molar-refractivity contribution is -0.137. The number of nitrogens with one attached hydrogen (secondary N) is 1. The zero-order chi connectivity index (χ0) is 20.5. The molecule has 1 amide bonds. The third-order valence-electron chi connectivity index (χ3n) is 4.84. The number of phenolic OH excluding ortho intramolecular Hbond substituents is 1. The molecule has 1 aliphatic carbocycles. The summed E-state index contributed by atoms with van der Waals surface area (Å²) < 4.78 is 38.6. The number of anilines is 1. The van der Waals surface area contributed by atoms with Crippen molar-refractivity contribution in [1.82, 2.24) is 0 Å². The van der Waals surface area contributed by atoms with Gasteiger partial charge in [-0.05, 0) is 60.6 Å². The average Bonchev–Trinajstić information content (AvgIpc) is 2.68. The molecule has 4 nitrogen and oxygen atoms in total. The highest BCUT2D eigenvalue weighted by atomic mass is 19.4. The summed E-state index contributed by atoms with van der Waals surface area (Å²) >= 11 is 0. The SMILES string of the molecule is C=CC(=O)Nc1c(O)c(-c2ccc(C(F)(F)F)cc2)c2c(c1C#N)CCCC2. The van der Waals surface area contributed by atoms with Crippen LogP contribution in [0.3, 0.4) is 0 Å². The van der Waals surface area contributed by atoms with Crippen molar-refractivity contribution in [3.8, 4) is 22.9 Å². The molecular weight excluding hydrogens is 369 g/mol. The van der Waals surface area contributed by atoms with Gasteiger partial charge in [-0.1, -0.05) is 18.7 Å². The summed E-state index contributed by atoms with van der Waals surface area (Å²) in [5.41, 5.74) is 1.53. The van der Waals surface area contributed by atoms with Gasteiger partial charge in [0.15, 0.2) is 0 Å². The fraction of sp³-hybridized carbons (Fsp3) is 0.238. The number of phenols is 1. The number of hydrogen-bond acceptors (Lipinski definition) is 3. The first-order chi connectivity index (χ1) is 13.3. The third-order valence-corrected chi connectivity index (χ3v) is 4.84. The number of carbonyl (C=O) groups excluding carboxylic acids is 1. The Hall–Kier alpha value is -3.27. The number of nitriles is 1. The minimum atomic E-state index is -4.46. The Balaban J connectivity index is 2.25. The number of aromatic hydroxyl groups is 1. The number of rotatable bonds is 3. The average molecular weight is 386 g/mol. The largest absolute Gasteiger partial charge is 0.505 e. The van der Waals surface area contributed by atoms with E-state index < -0.39 is 17.6 Å². The van der Waals surface area contributed by atoms with E-state index in [1.54, 1.807) is 0 Å². The smallest absolute Gasteiger partial charge is 0.416 e. The summed E-state index contributed by atoms with van der Waals surface area (Å²) in [5, 5.41) is 22.9. The van der Waals surface area contributed by atoms with E-state index in [1.807, 2.05) is 6.07 Å². The maximum absolute atomic E-state index is 12.9. The molecule has 7 heteroatoms. The Morgan fingerprint density at radius 3 is 2.32 bits per heavy atom. The zero-order valence-corrected chi connectivity index (χ0v) is 14.9. The highest BCUT2D eigenvalue weighted by molar-refractivity contribution is 6.03. The van der Waals surface area contributed by atoms with Crippen molar-refractivity contribution >= 4 is 11.6 Å². The van der Waals surface area contributed by atoms with Gasteiger partial charge in [0.2, 0.25) is 5.91 Å². The van der Waals surface area contributed by atoms with E-state index in [9.17, 15) is 28.3 Å². The van der Waals surface area contributed by atoms with Crippen LogP contribution in [0, 0.1) is 11.3 Å². The molecule has 3 rings (SSSR count). The number of hydrogen-bond donors (Lipinski definition) is 2. The highest BCUT2D eigenvalue weighted by Gasteiger charge is 2.31. The minimum absolute atomic E-state index is 0.0389. The molecule has 2 N–H and O–H groups in total. The Morgan fingerprint density at radius 1 is 1.18 bits per heavy atom. The van der Waals surface area contributed by atoms with E-state index in [1.165, 1.54) is 12.1 Å². The van der Waals surface area contributed by atoms with Gasteiger partial charge in [0.1, 0.15) is 17.5 Å². The fourth-order valence-electron chi connectivity index (χ4n) is 3.55. The van der Waals surface area contributed by atoms with E-state index in [0.717, 1.165) is 36.6 Å². The second-order valence-electron chi connectivity index (χ2n) is 6.52. The monoisotopic (exact) mass is 386 g/mol. The van der Waals surface area contributed by atoms with Crippen LogP contribution in [-0.2, 0) is 23.8 Å². The van der Waals surface area contributed by atoms with Gasteiger partial charge in [0.25, 0.3) is 0 Å². The van der Waals surface area contributed by atoms with Gasteiger partial charge in [0, 0.05) is 5.56 Å². The van der Waals surface area contributed by atoms with Crippen molar-refractivity contribution in [2.45, 2.75) is 31.9 Å². The topological polar surface area (TPSA) is 73.1 Å². The van der Waals surface area contributed by atoms with Crippen LogP contribution in [0.4, 0.5) is 18.9 Å². The van der Waals surface area contributed by atoms with Crippen LogP contribution in [0.5, 0.6) is 5.75 Å². The van der Waals surface area contributed by atoms with Gasteiger partial charge in [-0.3, -0.25) is 4.79 Å². The van der Waals surface area contributed by atoms with Crippen molar-refractivity contribution in [2.75, 3.05) is 5.32 Å². The molecule has 0 fully saturated rings. The van der Waals surface area contributed by atoms with Crippen LogP contribution in [0.15, 0.2) is 36.9 Å². The Bertz CT molecular complexity index is 987. The van der Waals surface area contributed by atoms with Gasteiger partial charge in [0.05, 0.1) is 11.1 Å². The molecule has 0 bridgehead atoms. The lowest BCUT2D eigenvalue weighted by Crippen LogP contribution is -2.14. The van der Waals surface area contributed by atoms with Crippen LogP contribution in [-0.4, -0.2) is 11.0 Å². The first kappa shape index (κ1) is 19.5. The third kappa shape index (κ3) is 3.46. The molecule has 0 heterocycles. The number of amides is 1. The molecule has 0 atom stereocenters. The maximum Gasteiger partial charge on any atom is 0.416 e. The molecule has 144 valence electrons. The summed E-state index contributed by atoms with van der Waals surface area (Å²) in [4.78, 5) is 11.8. The van der Waals surface area contributed by atoms with Crippen LogP contribution in [0.1, 0.15) is 35.1 Å². The number of nitrogens with zero attached hydrogens (tertiary/aromatic N) is 1. The molecular formula is C21H17F3N2O2. The molecule has 0 aliphatic heterocycles. The quantitative estimate of drug-likeness (QED) is 0.579. The second kappa shape index (κ2) is 7.39. The summed E-state index contributed by atoms with van der Waals surface area (Å²) in [6, 6.07) is 6.52. The van der Waals surface area contributed by atoms with Crippen molar-refractivity contribution < 1.29 is 23.1 Å². The van der Waals surface area contributed by atoms with Crippen molar-refractivity contribution in [3.63, 3.8) is 0 Å². The van der Waals surface area contributed by atoms with Gasteiger partial charge in [-0.2, -0.15) is 18.4 Å². The minimum Gasteiger partial charge on any atom is -0.505 e. The standard InChI is InChI=1S/C21H17F3N2O2/c1-2-17(27)26-19-16(11-25)14-5-3-4-6-15(14)18(20(19)28)12-7-9-13(10-8-12)21(22,23)24/h2,7-10,28H,1,3-6H2,(H,26,27). The zero-order valence-electron chi connectivity index (χ0n) is 14.9. The fourth-order valence-corrected chi connectivity index (χ4v) is 3.55. The molecule has 0 unspecified atom stereocenters. The van der Waals surface area contributed by atoms with Crippen molar-refractivity contribution in [2.24, 2.45) is 0 Å². The lowest BCUT2D eigenvalue weighted by Gasteiger charge is -2.25. The normalized spacial score (nSPS) is 13.4. The molecule has 28 heavy (non-hydrogen) atoms. The molecule has 0 saturated carbocycles. The van der Waals surface area contributed by atoms with Gasteiger partial charge in [-0.25, -0.2) is 0 Å². The van der Waals surface area contributed by atoms with Crippen LogP contribution in [0.2, 0.25) is 0 Å². The number of alkyl halides is 3. The molecule has 2 aromatic rings. The van der Waals surface area contributed by atoms with Crippen LogP contribution < -0.4 is 5.32 Å². The van der Waals surface area contributed by atoms with Crippen molar-refractivity contribution in [1.29, 1.82) is 5.26 Å². The highest BCUT2D eigenvalue weighted by Crippen LogP contribution is 2.46. The molecule has 2 aromatic carbocycles. The van der Waals surface area contributed by atoms with E-state index >= 15 is 0 Å². The van der Waals surface area contributed by atoms with E-state index in [4.69, 9.17) is 0 Å². The Labute approximate surface area is 159 Å². The number of benzene rings is 2. The first-order valence-corrected chi connectivity index (χ1v) is 8.69. The van der Waals surface area contributed by atoms with Crippen LogP contribution >= 0.6 is 0 Å². The molecule has 0 saturated heterocycles. The Kier molecular flexibility index (Phi) is 5.14. The van der Waals surface area contributed by atoms with Crippen molar-refractivity contribution in [3.05, 3.63) is 59.2 Å². The summed E-state index contributed by atoms with van der Waals surface area (Å²) in [6.07, 6.45) is -0.602. The molecule has 0 spiro atoms. The summed E-state index contributed by atoms with van der Waals surface area (Å²) in [7, 11) is 0. The lowest BCUT2D eigenvalue weighted by atomic mass is 9.81. The second-order valence-corrected chi connectivity index (χ2v) is 6.52. The predicted octanol–water partition coefficient (Wildman–Crippen LogP) is 4.95. The van der Waals surface area contributed by atoms with E-state index in [-0.39, 0.29) is 17.0 Å². The predicted molar refractivity (Wildman–Crippen MR) is 98.7 cm³/mol. The summed E-state index contributed by atoms with van der Waals surface area (Å²) in [5.74, 6) is -0.923.